The van der Waals surface area contributed by atoms with E-state index >= 15 is 0 Å². The molecule has 0 fully saturated rings. The zero-order chi connectivity index (χ0) is 14.9. The number of fused-ring (bicyclic) bond motifs is 1. The van der Waals surface area contributed by atoms with Crippen molar-refractivity contribution in [1.82, 2.24) is 9.97 Å². The van der Waals surface area contributed by atoms with Crippen LogP contribution in [0.5, 0.6) is 0 Å². The minimum atomic E-state index is -0.246. The predicted molar refractivity (Wildman–Crippen MR) is 86.9 cm³/mol. The number of nitrogens with one attached hydrogen (secondary N) is 1. The second-order valence-electron chi connectivity index (χ2n) is 5.16. The van der Waals surface area contributed by atoms with Gasteiger partial charge in [0.1, 0.15) is 11.6 Å². The second kappa shape index (κ2) is 5.11. The van der Waals surface area contributed by atoms with Gasteiger partial charge in [-0.3, -0.25) is 0 Å². The van der Waals surface area contributed by atoms with Crippen molar-refractivity contribution < 1.29 is 4.39 Å². The summed E-state index contributed by atoms with van der Waals surface area (Å²) in [7, 11) is 0. The smallest absolute Gasteiger partial charge is 0.138 e. The van der Waals surface area contributed by atoms with Crippen molar-refractivity contribution in [2.75, 3.05) is 0 Å². The molecule has 4 rings (SSSR count). The molecule has 4 aromatic rings. The summed E-state index contributed by atoms with van der Waals surface area (Å²) >= 11 is 0. The fraction of sp³-hybridized carbons (Fsp3) is 0. The Bertz CT molecular complexity index is 909. The van der Waals surface area contributed by atoms with Gasteiger partial charge < -0.3 is 4.98 Å². The van der Waals surface area contributed by atoms with Crippen molar-refractivity contribution >= 4 is 11.0 Å². The van der Waals surface area contributed by atoms with E-state index in [0.717, 1.165) is 22.2 Å². The number of rotatable bonds is 2. The van der Waals surface area contributed by atoms with E-state index in [1.54, 1.807) is 6.07 Å². The Balaban J connectivity index is 1.79. The molecule has 3 heteroatoms. The average molecular weight is 288 g/mol. The quantitative estimate of drug-likeness (QED) is 0.550. The van der Waals surface area contributed by atoms with Crippen LogP contribution in [0.3, 0.4) is 0 Å². The Morgan fingerprint density at radius 2 is 1.55 bits per heavy atom. The van der Waals surface area contributed by atoms with E-state index in [1.807, 2.05) is 60.7 Å². The third kappa shape index (κ3) is 2.17. The van der Waals surface area contributed by atoms with E-state index < -0.39 is 0 Å². The van der Waals surface area contributed by atoms with Gasteiger partial charge in [-0.2, -0.15) is 0 Å². The maximum atomic E-state index is 14.4. The maximum absolute atomic E-state index is 14.4. The van der Waals surface area contributed by atoms with Crippen molar-refractivity contribution in [2.45, 2.75) is 0 Å². The van der Waals surface area contributed by atoms with Crippen LogP contribution >= 0.6 is 0 Å². The number of halogens is 1. The maximum Gasteiger partial charge on any atom is 0.138 e. The molecule has 0 aliphatic carbocycles. The molecule has 0 aliphatic heterocycles. The molecule has 1 heterocycles. The molecular formula is C19H13FN2. The molecule has 0 amide bonds. The van der Waals surface area contributed by atoms with Gasteiger partial charge in [-0.05, 0) is 23.8 Å². The summed E-state index contributed by atoms with van der Waals surface area (Å²) in [5, 5.41) is 0. The zero-order valence-corrected chi connectivity index (χ0v) is 11.8. The van der Waals surface area contributed by atoms with E-state index in [4.69, 9.17) is 0 Å². The predicted octanol–water partition coefficient (Wildman–Crippen LogP) is 5.04. The van der Waals surface area contributed by atoms with Crippen molar-refractivity contribution in [3.05, 3.63) is 78.6 Å². The number of aromatic amines is 1. The highest BCUT2D eigenvalue weighted by Gasteiger charge is 2.09. The van der Waals surface area contributed by atoms with Crippen LogP contribution in [-0.4, -0.2) is 9.97 Å². The van der Waals surface area contributed by atoms with Crippen molar-refractivity contribution in [2.24, 2.45) is 0 Å². The fourth-order valence-electron chi connectivity index (χ4n) is 2.60. The highest BCUT2D eigenvalue weighted by molar-refractivity contribution is 5.79. The number of para-hydroxylation sites is 2. The van der Waals surface area contributed by atoms with Crippen LogP contribution in [0.4, 0.5) is 4.39 Å². The van der Waals surface area contributed by atoms with E-state index in [9.17, 15) is 4.39 Å². The number of benzene rings is 3. The number of hydrogen-bond donors (Lipinski definition) is 1. The number of imidazole rings is 1. The lowest BCUT2D eigenvalue weighted by Crippen LogP contribution is -1.87. The summed E-state index contributed by atoms with van der Waals surface area (Å²) in [6.07, 6.45) is 0. The van der Waals surface area contributed by atoms with Gasteiger partial charge >= 0.3 is 0 Å². The topological polar surface area (TPSA) is 28.7 Å². The van der Waals surface area contributed by atoms with Crippen LogP contribution < -0.4 is 0 Å². The molecule has 1 aromatic heterocycles. The van der Waals surface area contributed by atoms with Crippen molar-refractivity contribution in [1.29, 1.82) is 0 Å². The molecule has 0 saturated carbocycles. The summed E-state index contributed by atoms with van der Waals surface area (Å²) in [6.45, 7) is 0. The Morgan fingerprint density at radius 1 is 0.773 bits per heavy atom. The summed E-state index contributed by atoms with van der Waals surface area (Å²) in [5.74, 6) is 0.434. The number of aromatic nitrogens is 2. The highest BCUT2D eigenvalue weighted by Crippen LogP contribution is 2.27. The Labute approximate surface area is 127 Å². The van der Waals surface area contributed by atoms with Crippen LogP contribution in [0.2, 0.25) is 0 Å². The molecule has 0 bridgehead atoms. The van der Waals surface area contributed by atoms with E-state index in [0.29, 0.717) is 11.4 Å². The van der Waals surface area contributed by atoms with E-state index in [1.165, 1.54) is 6.07 Å². The molecule has 2 nitrogen and oxygen atoms in total. The molecule has 0 spiro atoms. The van der Waals surface area contributed by atoms with E-state index in [2.05, 4.69) is 9.97 Å². The summed E-state index contributed by atoms with van der Waals surface area (Å²) in [6, 6.07) is 22.5. The zero-order valence-electron chi connectivity index (χ0n) is 11.8. The van der Waals surface area contributed by atoms with Gasteiger partial charge in [0.05, 0.1) is 11.0 Å². The minimum absolute atomic E-state index is 0.246. The van der Waals surface area contributed by atoms with E-state index in [-0.39, 0.29) is 5.82 Å². The largest absolute Gasteiger partial charge is 0.338 e. The Kier molecular flexibility index (Phi) is 2.97. The SMILES string of the molecule is Fc1cc(-c2nc3ccccc3[nH]2)ccc1-c1ccccc1. The van der Waals surface area contributed by atoms with Gasteiger partial charge in [-0.15, -0.1) is 0 Å². The summed E-state index contributed by atoms with van der Waals surface area (Å²) in [4.78, 5) is 7.72. The lowest BCUT2D eigenvalue weighted by molar-refractivity contribution is 0.631. The van der Waals surface area contributed by atoms with Gasteiger partial charge in [-0.1, -0.05) is 54.6 Å². The third-order valence-electron chi connectivity index (χ3n) is 3.72. The molecule has 0 radical (unpaired) electrons. The first kappa shape index (κ1) is 12.8. The fourth-order valence-corrected chi connectivity index (χ4v) is 2.60. The van der Waals surface area contributed by atoms with Crippen molar-refractivity contribution in [3.63, 3.8) is 0 Å². The Morgan fingerprint density at radius 3 is 2.32 bits per heavy atom. The summed E-state index contributed by atoms with van der Waals surface area (Å²) in [5.41, 5.74) is 4.04. The molecule has 0 saturated heterocycles. The molecule has 0 aliphatic rings. The summed E-state index contributed by atoms with van der Waals surface area (Å²) < 4.78 is 14.4. The lowest BCUT2D eigenvalue weighted by atomic mass is 10.0. The average Bonchev–Trinajstić information content (AvgIpc) is 2.99. The first-order valence-corrected chi connectivity index (χ1v) is 7.11. The standard InChI is InChI=1S/C19H13FN2/c20-16-12-14(10-11-15(16)13-6-2-1-3-7-13)19-21-17-8-4-5-9-18(17)22-19/h1-12H,(H,21,22). The highest BCUT2D eigenvalue weighted by atomic mass is 19.1. The first-order valence-electron chi connectivity index (χ1n) is 7.11. The van der Waals surface area contributed by atoms with Crippen molar-refractivity contribution in [3.8, 4) is 22.5 Å². The van der Waals surface area contributed by atoms with Gasteiger partial charge in [0, 0.05) is 11.1 Å². The van der Waals surface area contributed by atoms with Crippen LogP contribution in [-0.2, 0) is 0 Å². The number of H-pyrrole nitrogens is 1. The number of hydrogen-bond acceptors (Lipinski definition) is 1. The monoisotopic (exact) mass is 288 g/mol. The first-order chi connectivity index (χ1) is 10.8. The third-order valence-corrected chi connectivity index (χ3v) is 3.72. The van der Waals surface area contributed by atoms with Gasteiger partial charge in [0.15, 0.2) is 0 Å². The molecular weight excluding hydrogens is 275 g/mol. The van der Waals surface area contributed by atoms with Crippen LogP contribution in [0.1, 0.15) is 0 Å². The lowest BCUT2D eigenvalue weighted by Gasteiger charge is -2.05. The van der Waals surface area contributed by atoms with Crippen LogP contribution in [0.25, 0.3) is 33.5 Å². The molecule has 0 unspecified atom stereocenters. The minimum Gasteiger partial charge on any atom is -0.338 e. The van der Waals surface area contributed by atoms with Gasteiger partial charge in [-0.25, -0.2) is 9.37 Å². The van der Waals surface area contributed by atoms with Gasteiger partial charge in [0.2, 0.25) is 0 Å². The van der Waals surface area contributed by atoms with Crippen LogP contribution in [0, 0.1) is 5.82 Å². The normalized spacial score (nSPS) is 11.0. The second-order valence-corrected chi connectivity index (χ2v) is 5.16. The molecule has 22 heavy (non-hydrogen) atoms. The Hall–Kier alpha value is -2.94. The number of nitrogens with zero attached hydrogens (tertiary/aromatic N) is 1. The molecule has 3 aromatic carbocycles. The molecule has 106 valence electrons. The molecule has 1 N–H and O–H groups in total. The van der Waals surface area contributed by atoms with Gasteiger partial charge in [0.25, 0.3) is 0 Å². The molecule has 0 atom stereocenters. The van der Waals surface area contributed by atoms with Crippen LogP contribution in [0.15, 0.2) is 72.8 Å².